The van der Waals surface area contributed by atoms with E-state index in [0.717, 1.165) is 40.3 Å². The fraction of sp³-hybridized carbons (Fsp3) is 0.353. The molecule has 1 saturated heterocycles. The van der Waals surface area contributed by atoms with Gasteiger partial charge >= 0.3 is 6.03 Å². The Morgan fingerprint density at radius 3 is 2.65 bits per heavy atom. The molecular weight excluding hydrogens is 546 g/mol. The molecular formula is C34H39N3O6. The lowest BCUT2D eigenvalue weighted by Gasteiger charge is -2.31. The predicted molar refractivity (Wildman–Crippen MR) is 165 cm³/mol. The lowest BCUT2D eigenvalue weighted by atomic mass is 9.97. The highest BCUT2D eigenvalue weighted by atomic mass is 16.5. The highest BCUT2D eigenvalue weighted by molar-refractivity contribution is 5.81. The van der Waals surface area contributed by atoms with Crippen molar-refractivity contribution in [3.8, 4) is 17.0 Å². The number of urea groups is 1. The van der Waals surface area contributed by atoms with Crippen LogP contribution in [-0.4, -0.2) is 73.3 Å². The summed E-state index contributed by atoms with van der Waals surface area (Å²) in [7, 11) is 2.99. The molecule has 2 amide bonds. The minimum atomic E-state index is -0.400. The van der Waals surface area contributed by atoms with Gasteiger partial charge in [0.25, 0.3) is 0 Å². The van der Waals surface area contributed by atoms with Crippen molar-refractivity contribution >= 4 is 11.6 Å². The average Bonchev–Trinajstić information content (AvgIpc) is 3.16. The van der Waals surface area contributed by atoms with Gasteiger partial charge in [0.15, 0.2) is 11.7 Å². The van der Waals surface area contributed by atoms with Crippen molar-refractivity contribution in [3.05, 3.63) is 102 Å². The number of benzene rings is 1. The first-order chi connectivity index (χ1) is 21.0. The Hall–Kier alpha value is -4.34. The van der Waals surface area contributed by atoms with Gasteiger partial charge < -0.3 is 23.5 Å². The Morgan fingerprint density at radius 1 is 1.07 bits per heavy atom. The number of carbonyl (C=O) groups is 1. The minimum Gasteiger partial charge on any atom is -0.497 e. The number of methoxy groups -OCH3 is 1. The van der Waals surface area contributed by atoms with Crippen molar-refractivity contribution in [1.29, 1.82) is 0 Å². The molecule has 2 heterocycles. The van der Waals surface area contributed by atoms with E-state index in [-0.39, 0.29) is 5.92 Å². The molecule has 226 valence electrons. The molecule has 0 unspecified atom stereocenters. The number of hydroxylamine groups is 2. The molecule has 1 aromatic heterocycles. The van der Waals surface area contributed by atoms with E-state index >= 15 is 0 Å². The molecule has 0 spiro atoms. The van der Waals surface area contributed by atoms with E-state index in [9.17, 15) is 10.0 Å². The number of carbonyl (C=O) groups excluding carboxylic acids is 1. The third-order valence-electron chi connectivity index (χ3n) is 7.56. The van der Waals surface area contributed by atoms with E-state index in [4.69, 9.17) is 23.6 Å². The van der Waals surface area contributed by atoms with Crippen molar-refractivity contribution in [2.45, 2.75) is 31.6 Å². The van der Waals surface area contributed by atoms with Gasteiger partial charge in [-0.3, -0.25) is 5.21 Å². The molecule has 1 N–H and O–H groups in total. The van der Waals surface area contributed by atoms with Gasteiger partial charge in [-0.15, -0.1) is 0 Å². The first kappa shape index (κ1) is 30.1. The maximum absolute atomic E-state index is 12.2. The zero-order valence-electron chi connectivity index (χ0n) is 24.8. The molecule has 0 saturated carbocycles. The molecule has 0 bridgehead atoms. The van der Waals surface area contributed by atoms with E-state index < -0.39 is 6.03 Å². The van der Waals surface area contributed by atoms with Crippen LogP contribution in [-0.2, 0) is 9.47 Å². The molecule has 1 aliphatic heterocycles. The fourth-order valence-electron chi connectivity index (χ4n) is 5.19. The summed E-state index contributed by atoms with van der Waals surface area (Å²) in [5.41, 5.74) is 3.75. The summed E-state index contributed by atoms with van der Waals surface area (Å²) in [6.07, 6.45) is 21.6. The van der Waals surface area contributed by atoms with Crippen molar-refractivity contribution in [2.24, 2.45) is 0 Å². The SMILES string of the molecule is COc1ccc(-c2nc(C3CCN(C(=O)N(C)O)CC3)oc2C2=CCC=C(OCCOCC3=CC=CCC=C3)C=C2)cc1. The molecule has 43 heavy (non-hydrogen) atoms. The predicted octanol–water partition coefficient (Wildman–Crippen LogP) is 6.67. The van der Waals surface area contributed by atoms with Crippen molar-refractivity contribution in [3.63, 3.8) is 0 Å². The number of allylic oxidation sites excluding steroid dienone is 9. The monoisotopic (exact) mass is 585 g/mol. The van der Waals surface area contributed by atoms with Crippen LogP contribution in [0, 0.1) is 0 Å². The van der Waals surface area contributed by atoms with Crippen LogP contribution < -0.4 is 4.74 Å². The Morgan fingerprint density at radius 2 is 1.88 bits per heavy atom. The smallest absolute Gasteiger partial charge is 0.343 e. The summed E-state index contributed by atoms with van der Waals surface area (Å²) in [5.74, 6) is 2.96. The lowest BCUT2D eigenvalue weighted by molar-refractivity contribution is -0.0358. The standard InChI is InChI=1S/C34H39N3O6/c1-36(39)34(38)37-20-18-28(19-21-37)33-35-31(26-12-15-29(40-2)16-13-26)32(43-33)27-10-7-11-30(17-14-27)42-23-22-41-24-25-8-5-3-4-6-9-25/h3,5-6,8-17,28,39H,4,7,18-24H2,1-2H3. The summed E-state index contributed by atoms with van der Waals surface area (Å²) >= 11 is 0. The van der Waals surface area contributed by atoms with Gasteiger partial charge in [0.05, 0.1) is 20.3 Å². The van der Waals surface area contributed by atoms with Crippen molar-refractivity contribution < 1.29 is 28.6 Å². The first-order valence-electron chi connectivity index (χ1n) is 14.7. The van der Waals surface area contributed by atoms with E-state index in [2.05, 4.69) is 36.5 Å². The maximum atomic E-state index is 12.2. The fourth-order valence-corrected chi connectivity index (χ4v) is 5.19. The Balaban J connectivity index is 1.26. The number of hydrogen-bond acceptors (Lipinski definition) is 7. The van der Waals surface area contributed by atoms with Crippen LogP contribution in [0.5, 0.6) is 5.75 Å². The number of likely N-dealkylation sites (tertiary alicyclic amines) is 1. The van der Waals surface area contributed by atoms with Gasteiger partial charge in [-0.05, 0) is 73.7 Å². The zero-order valence-corrected chi connectivity index (χ0v) is 24.8. The molecule has 1 aromatic carbocycles. The molecule has 9 heteroatoms. The van der Waals surface area contributed by atoms with Crippen LogP contribution in [0.2, 0.25) is 0 Å². The number of rotatable bonds is 10. The van der Waals surface area contributed by atoms with Gasteiger partial charge in [-0.1, -0.05) is 36.5 Å². The Labute approximate surface area is 252 Å². The lowest BCUT2D eigenvalue weighted by Crippen LogP contribution is -2.43. The molecule has 9 nitrogen and oxygen atoms in total. The molecule has 1 fully saturated rings. The normalized spacial score (nSPS) is 17.1. The quantitative estimate of drug-likeness (QED) is 0.189. The zero-order chi connectivity index (χ0) is 30.0. The van der Waals surface area contributed by atoms with Gasteiger partial charge in [-0.25, -0.2) is 14.8 Å². The summed E-state index contributed by atoms with van der Waals surface area (Å²) in [6.45, 7) is 2.54. The summed E-state index contributed by atoms with van der Waals surface area (Å²) in [5, 5.41) is 10.2. The molecule has 0 atom stereocenters. The van der Waals surface area contributed by atoms with Crippen LogP contribution in [0.15, 0.2) is 94.7 Å². The van der Waals surface area contributed by atoms with Crippen molar-refractivity contribution in [2.75, 3.05) is 47.1 Å². The van der Waals surface area contributed by atoms with E-state index in [1.165, 1.54) is 7.05 Å². The summed E-state index contributed by atoms with van der Waals surface area (Å²) < 4.78 is 23.6. The first-order valence-corrected chi connectivity index (χ1v) is 14.7. The van der Waals surface area contributed by atoms with Crippen LogP contribution >= 0.6 is 0 Å². The van der Waals surface area contributed by atoms with Gasteiger partial charge in [0.2, 0.25) is 0 Å². The number of piperidine rings is 1. The molecule has 3 aliphatic rings. The second-order valence-corrected chi connectivity index (χ2v) is 10.6. The maximum Gasteiger partial charge on any atom is 0.343 e. The van der Waals surface area contributed by atoms with E-state index in [0.29, 0.717) is 68.9 Å². The summed E-state index contributed by atoms with van der Waals surface area (Å²) in [4.78, 5) is 18.8. The highest BCUT2D eigenvalue weighted by Crippen LogP contribution is 2.37. The largest absolute Gasteiger partial charge is 0.497 e. The third-order valence-corrected chi connectivity index (χ3v) is 7.56. The van der Waals surface area contributed by atoms with Crippen molar-refractivity contribution in [1.82, 2.24) is 14.9 Å². The number of oxazole rings is 1. The van der Waals surface area contributed by atoms with E-state index in [1.807, 2.05) is 42.5 Å². The highest BCUT2D eigenvalue weighted by Gasteiger charge is 2.30. The number of ether oxygens (including phenoxy) is 3. The second-order valence-electron chi connectivity index (χ2n) is 10.6. The van der Waals surface area contributed by atoms with E-state index in [1.54, 1.807) is 12.0 Å². The van der Waals surface area contributed by atoms with Crippen LogP contribution in [0.25, 0.3) is 16.8 Å². The van der Waals surface area contributed by atoms with Crippen LogP contribution in [0.4, 0.5) is 4.79 Å². The third kappa shape index (κ3) is 7.94. The molecule has 2 aliphatic carbocycles. The number of hydrogen-bond donors (Lipinski definition) is 1. The second kappa shape index (κ2) is 14.7. The number of aromatic nitrogens is 1. The van der Waals surface area contributed by atoms with Crippen LogP contribution in [0.1, 0.15) is 43.3 Å². The average molecular weight is 586 g/mol. The Bertz CT molecular complexity index is 1440. The topological polar surface area (TPSA) is 97.5 Å². The Kier molecular flexibility index (Phi) is 10.3. The summed E-state index contributed by atoms with van der Waals surface area (Å²) in [6, 6.07) is 7.38. The van der Waals surface area contributed by atoms with Gasteiger partial charge in [-0.2, -0.15) is 0 Å². The van der Waals surface area contributed by atoms with Gasteiger partial charge in [0.1, 0.15) is 23.8 Å². The number of nitrogens with zero attached hydrogens (tertiary/aromatic N) is 3. The minimum absolute atomic E-state index is 0.0615. The molecule has 5 rings (SSSR count). The molecule has 0 radical (unpaired) electrons. The number of amides is 2. The molecule has 2 aromatic rings. The van der Waals surface area contributed by atoms with Crippen LogP contribution in [0.3, 0.4) is 0 Å². The van der Waals surface area contributed by atoms with Gasteiger partial charge in [0, 0.05) is 37.2 Å².